The molecule has 182 valence electrons. The topological polar surface area (TPSA) is 66.4 Å². The maximum atomic E-state index is 14.2. The maximum absolute atomic E-state index is 14.2. The molecule has 0 aliphatic carbocycles. The second kappa shape index (κ2) is 9.16. The van der Waals surface area contributed by atoms with E-state index in [1.807, 2.05) is 60.6 Å². The third-order valence-corrected chi connectivity index (χ3v) is 7.31. The van der Waals surface area contributed by atoms with E-state index in [1.54, 1.807) is 36.4 Å². The molecule has 0 aliphatic rings. The van der Waals surface area contributed by atoms with Gasteiger partial charge < -0.3 is 5.11 Å². The van der Waals surface area contributed by atoms with Crippen LogP contribution in [0.1, 0.15) is 75.4 Å². The van der Waals surface area contributed by atoms with Gasteiger partial charge in [-0.15, -0.1) is 0 Å². The molecule has 0 amide bonds. The fourth-order valence-corrected chi connectivity index (χ4v) is 5.14. The molecule has 0 fully saturated rings. The van der Waals surface area contributed by atoms with Gasteiger partial charge in [0, 0.05) is 0 Å². The van der Waals surface area contributed by atoms with Crippen molar-refractivity contribution in [1.82, 2.24) is 4.72 Å². The van der Waals surface area contributed by atoms with Gasteiger partial charge in [0.05, 0.1) is 10.9 Å². The molecule has 0 bridgehead atoms. The van der Waals surface area contributed by atoms with Crippen LogP contribution in [0.2, 0.25) is 0 Å². The van der Waals surface area contributed by atoms with E-state index in [2.05, 4.69) is 4.72 Å². The van der Waals surface area contributed by atoms with Crippen molar-refractivity contribution in [3.8, 4) is 5.75 Å². The Bertz CT molecular complexity index is 1250. The highest BCUT2D eigenvalue weighted by Crippen LogP contribution is 2.42. The predicted octanol–water partition coefficient (Wildman–Crippen LogP) is 6.50. The van der Waals surface area contributed by atoms with Gasteiger partial charge in [-0.05, 0) is 76.4 Å². The number of halogens is 1. The monoisotopic (exact) mass is 483 g/mol. The van der Waals surface area contributed by atoms with Crippen molar-refractivity contribution in [3.05, 3.63) is 94.3 Å². The smallest absolute Gasteiger partial charge is 0.241 e. The Hall–Kier alpha value is -2.70. The lowest BCUT2D eigenvalue weighted by atomic mass is 9.77. The van der Waals surface area contributed by atoms with Gasteiger partial charge in [-0.2, -0.15) is 4.72 Å². The molecule has 1 atom stereocenters. The molecule has 3 rings (SSSR count). The Kier molecular flexibility index (Phi) is 6.98. The lowest BCUT2D eigenvalue weighted by Gasteiger charge is -2.30. The first-order valence-corrected chi connectivity index (χ1v) is 12.8. The molecule has 1 unspecified atom stereocenters. The highest BCUT2D eigenvalue weighted by molar-refractivity contribution is 7.89. The minimum Gasteiger partial charge on any atom is -0.507 e. The fourth-order valence-electron chi connectivity index (χ4n) is 3.92. The highest BCUT2D eigenvalue weighted by Gasteiger charge is 2.30. The Morgan fingerprint density at radius 1 is 0.824 bits per heavy atom. The van der Waals surface area contributed by atoms with Gasteiger partial charge in [0.1, 0.15) is 11.6 Å². The molecule has 0 spiro atoms. The van der Waals surface area contributed by atoms with E-state index in [0.717, 1.165) is 5.56 Å². The Morgan fingerprint density at radius 3 is 1.82 bits per heavy atom. The van der Waals surface area contributed by atoms with Crippen LogP contribution in [0.4, 0.5) is 4.39 Å². The van der Waals surface area contributed by atoms with Gasteiger partial charge in [0.2, 0.25) is 10.0 Å². The zero-order chi connectivity index (χ0) is 25.5. The van der Waals surface area contributed by atoms with Crippen molar-refractivity contribution >= 4 is 10.0 Å². The molecule has 6 heteroatoms. The Labute approximate surface area is 202 Å². The van der Waals surface area contributed by atoms with E-state index in [4.69, 9.17) is 0 Å². The van der Waals surface area contributed by atoms with Crippen LogP contribution >= 0.6 is 0 Å². The normalized spacial score (nSPS) is 13.6. The zero-order valence-corrected chi connectivity index (χ0v) is 21.7. The fraction of sp³-hybridized carbons (Fsp3) is 0.357. The number of benzene rings is 3. The van der Waals surface area contributed by atoms with Crippen LogP contribution in [0.25, 0.3) is 0 Å². The highest BCUT2D eigenvalue weighted by atomic mass is 32.2. The van der Waals surface area contributed by atoms with Gasteiger partial charge in [-0.1, -0.05) is 71.4 Å². The van der Waals surface area contributed by atoms with Crippen molar-refractivity contribution in [2.45, 2.75) is 70.2 Å². The van der Waals surface area contributed by atoms with Crippen LogP contribution in [0.5, 0.6) is 5.75 Å². The molecular weight excluding hydrogens is 449 g/mol. The summed E-state index contributed by atoms with van der Waals surface area (Å²) in [4.78, 5) is 0.130. The van der Waals surface area contributed by atoms with Crippen LogP contribution in [0.15, 0.2) is 65.6 Å². The molecule has 0 heterocycles. The van der Waals surface area contributed by atoms with Crippen molar-refractivity contribution in [2.75, 3.05) is 0 Å². The summed E-state index contributed by atoms with van der Waals surface area (Å²) in [6.45, 7) is 13.8. The Balaban J connectivity index is 2.26. The summed E-state index contributed by atoms with van der Waals surface area (Å²) in [6, 6.07) is 15.3. The second-order valence-corrected chi connectivity index (χ2v) is 12.6. The lowest BCUT2D eigenvalue weighted by molar-refractivity contribution is 0.422. The average molecular weight is 484 g/mol. The van der Waals surface area contributed by atoms with E-state index < -0.39 is 32.7 Å². The second-order valence-electron chi connectivity index (χ2n) is 10.9. The van der Waals surface area contributed by atoms with E-state index in [0.29, 0.717) is 22.3 Å². The maximum Gasteiger partial charge on any atom is 0.241 e. The van der Waals surface area contributed by atoms with E-state index >= 15 is 0 Å². The molecule has 4 nitrogen and oxygen atoms in total. The van der Waals surface area contributed by atoms with E-state index in [-0.39, 0.29) is 10.6 Å². The van der Waals surface area contributed by atoms with E-state index in [1.165, 1.54) is 12.1 Å². The summed E-state index contributed by atoms with van der Waals surface area (Å²) in [5.74, 6) is -0.258. The van der Waals surface area contributed by atoms with Crippen molar-refractivity contribution in [2.24, 2.45) is 0 Å². The van der Waals surface area contributed by atoms with Gasteiger partial charge in [0.15, 0.2) is 0 Å². The van der Waals surface area contributed by atoms with Gasteiger partial charge in [-0.3, -0.25) is 0 Å². The van der Waals surface area contributed by atoms with Crippen LogP contribution in [-0.4, -0.2) is 13.5 Å². The third-order valence-electron chi connectivity index (χ3n) is 5.87. The number of rotatable bonds is 5. The summed E-state index contributed by atoms with van der Waals surface area (Å²) in [6.07, 6.45) is 0. The quantitative estimate of drug-likeness (QED) is 0.435. The van der Waals surface area contributed by atoms with Gasteiger partial charge in [0.25, 0.3) is 0 Å². The van der Waals surface area contributed by atoms with Crippen LogP contribution in [-0.2, 0) is 20.9 Å². The summed E-state index contributed by atoms with van der Waals surface area (Å²) >= 11 is 0. The number of sulfonamides is 1. The number of phenolic OH excluding ortho intramolecular Hbond substituents is 1. The SMILES string of the molecule is Cc1ccc(S(=O)(=O)NC(c2cccc(F)c2)c2cc(C(C)(C)C)c(O)c(C(C)(C)C)c2)cc1. The van der Waals surface area contributed by atoms with Crippen molar-refractivity contribution in [3.63, 3.8) is 0 Å². The van der Waals surface area contributed by atoms with Gasteiger partial charge >= 0.3 is 0 Å². The molecule has 34 heavy (non-hydrogen) atoms. The molecule has 3 aromatic rings. The van der Waals surface area contributed by atoms with Crippen LogP contribution in [0.3, 0.4) is 0 Å². The first-order valence-electron chi connectivity index (χ1n) is 11.3. The molecular formula is C28H34FNO3S. The minimum atomic E-state index is -3.93. The first kappa shape index (κ1) is 25.9. The molecule has 3 aromatic carbocycles. The molecule has 2 N–H and O–H groups in total. The lowest BCUT2D eigenvalue weighted by Crippen LogP contribution is -2.30. The number of nitrogens with one attached hydrogen (secondary N) is 1. The van der Waals surface area contributed by atoms with Gasteiger partial charge in [-0.25, -0.2) is 12.8 Å². The standard InChI is InChI=1S/C28H34FNO3S/c1-18-11-13-22(14-12-18)34(32,33)30-25(19-9-8-10-21(29)15-19)20-16-23(27(2,3)4)26(31)24(17-20)28(5,6)7/h8-17,25,30-31H,1-7H3. The summed E-state index contributed by atoms with van der Waals surface area (Å²) in [7, 11) is -3.93. The average Bonchev–Trinajstić information content (AvgIpc) is 2.71. The molecule has 0 saturated heterocycles. The van der Waals surface area contributed by atoms with Crippen LogP contribution in [0, 0.1) is 12.7 Å². The largest absolute Gasteiger partial charge is 0.507 e. The predicted molar refractivity (Wildman–Crippen MR) is 135 cm³/mol. The number of phenols is 1. The summed E-state index contributed by atoms with van der Waals surface area (Å²) in [5.41, 5.74) is 2.65. The summed E-state index contributed by atoms with van der Waals surface area (Å²) in [5, 5.41) is 11.1. The molecule has 0 radical (unpaired) electrons. The van der Waals surface area contributed by atoms with Crippen LogP contribution < -0.4 is 4.72 Å². The van der Waals surface area contributed by atoms with E-state index in [9.17, 15) is 17.9 Å². The minimum absolute atomic E-state index is 0.130. The molecule has 0 saturated carbocycles. The first-order chi connectivity index (χ1) is 15.6. The molecule has 0 aliphatic heterocycles. The number of hydrogen-bond acceptors (Lipinski definition) is 3. The zero-order valence-electron chi connectivity index (χ0n) is 20.9. The van der Waals surface area contributed by atoms with Crippen molar-refractivity contribution < 1.29 is 17.9 Å². The molecule has 0 aromatic heterocycles. The third kappa shape index (κ3) is 5.68. The number of aromatic hydroxyl groups is 1. The number of aryl methyl sites for hydroxylation is 1. The van der Waals surface area contributed by atoms with Crippen molar-refractivity contribution in [1.29, 1.82) is 0 Å². The summed E-state index contributed by atoms with van der Waals surface area (Å²) < 4.78 is 43.7. The Morgan fingerprint density at radius 2 is 1.35 bits per heavy atom. The number of hydrogen-bond donors (Lipinski definition) is 2.